The third-order valence-corrected chi connectivity index (χ3v) is 5.36. The van der Waals surface area contributed by atoms with Gasteiger partial charge in [-0.15, -0.1) is 6.58 Å². The second kappa shape index (κ2) is 7.27. The number of nitrogen functional groups attached to an aromatic ring is 1. The van der Waals surface area contributed by atoms with Gasteiger partial charge in [-0.1, -0.05) is 6.08 Å². The molecule has 1 aliphatic rings. The van der Waals surface area contributed by atoms with Crippen LogP contribution < -0.4 is 11.1 Å². The maximum atomic E-state index is 11.7. The van der Waals surface area contributed by atoms with Crippen molar-refractivity contribution in [3.8, 4) is 0 Å². The molecule has 0 aromatic carbocycles. The number of anilines is 2. The monoisotopic (exact) mass is 339 g/mol. The number of hydrogen-bond donors (Lipinski definition) is 2. The molecule has 23 heavy (non-hydrogen) atoms. The van der Waals surface area contributed by atoms with Gasteiger partial charge in [0.25, 0.3) is 0 Å². The van der Waals surface area contributed by atoms with E-state index in [9.17, 15) is 8.42 Å². The minimum absolute atomic E-state index is 0.235. The zero-order valence-corrected chi connectivity index (χ0v) is 14.6. The zero-order chi connectivity index (χ0) is 17.0. The van der Waals surface area contributed by atoms with Gasteiger partial charge >= 0.3 is 0 Å². The van der Waals surface area contributed by atoms with Crippen LogP contribution in [-0.4, -0.2) is 48.6 Å². The van der Waals surface area contributed by atoms with E-state index in [0.29, 0.717) is 31.9 Å². The first-order valence-electron chi connectivity index (χ1n) is 7.74. The topological polar surface area (TPSA) is 101 Å². The van der Waals surface area contributed by atoms with Crippen molar-refractivity contribution in [3.63, 3.8) is 0 Å². The number of nitrogens with zero attached hydrogens (tertiary/aromatic N) is 3. The average Bonchev–Trinajstić information content (AvgIpc) is 2.47. The predicted molar refractivity (Wildman–Crippen MR) is 92.7 cm³/mol. The summed E-state index contributed by atoms with van der Waals surface area (Å²) in [4.78, 5) is 8.46. The van der Waals surface area contributed by atoms with E-state index in [1.54, 1.807) is 10.4 Å². The van der Waals surface area contributed by atoms with Gasteiger partial charge in [-0.3, -0.25) is 0 Å². The fourth-order valence-corrected chi connectivity index (χ4v) is 3.83. The molecule has 2 rings (SSSR count). The van der Waals surface area contributed by atoms with E-state index in [1.807, 2.05) is 6.92 Å². The lowest BCUT2D eigenvalue weighted by Gasteiger charge is -2.31. The quantitative estimate of drug-likeness (QED) is 0.755. The van der Waals surface area contributed by atoms with Crippen LogP contribution in [0.2, 0.25) is 0 Å². The predicted octanol–water partition coefficient (Wildman–Crippen LogP) is 1.18. The molecule has 0 radical (unpaired) electrons. The van der Waals surface area contributed by atoms with E-state index in [0.717, 1.165) is 24.1 Å². The Morgan fingerprint density at radius 1 is 1.48 bits per heavy atom. The number of nitrogens with two attached hydrogens (primary N) is 1. The first kappa shape index (κ1) is 17.7. The molecular weight excluding hydrogens is 314 g/mol. The van der Waals surface area contributed by atoms with Crippen molar-refractivity contribution in [2.75, 3.05) is 36.9 Å². The van der Waals surface area contributed by atoms with E-state index >= 15 is 0 Å². The Bertz CT molecular complexity index is 675. The number of allylic oxidation sites excluding steroid dienone is 1. The lowest BCUT2D eigenvalue weighted by atomic mass is 9.99. The highest BCUT2D eigenvalue weighted by Gasteiger charge is 2.26. The van der Waals surface area contributed by atoms with Crippen LogP contribution >= 0.6 is 0 Å². The standard InChI is InChI=1S/C15H25N5O2S/c1-4-6-13-11(2)18-15(16)19-14(13)17-9-12-7-5-8-20(10-12)23(3,21)22/h4,12H,1,5-10H2,2-3H3,(H3,16,17,18,19)/t12-/m1/s1. The smallest absolute Gasteiger partial charge is 0.222 e. The molecule has 2 heterocycles. The van der Waals surface area contributed by atoms with Crippen LogP contribution in [0.25, 0.3) is 0 Å². The number of nitrogens with one attached hydrogen (secondary N) is 1. The van der Waals surface area contributed by atoms with Crippen molar-refractivity contribution in [2.24, 2.45) is 5.92 Å². The Morgan fingerprint density at radius 2 is 2.22 bits per heavy atom. The second-order valence-corrected chi connectivity index (χ2v) is 7.98. The normalized spacial score (nSPS) is 19.5. The molecule has 8 heteroatoms. The summed E-state index contributed by atoms with van der Waals surface area (Å²) < 4.78 is 24.9. The van der Waals surface area contributed by atoms with Crippen molar-refractivity contribution < 1.29 is 8.42 Å². The Morgan fingerprint density at radius 3 is 2.87 bits per heavy atom. The van der Waals surface area contributed by atoms with Crippen molar-refractivity contribution in [3.05, 3.63) is 23.9 Å². The van der Waals surface area contributed by atoms with Crippen LogP contribution in [0, 0.1) is 12.8 Å². The van der Waals surface area contributed by atoms with Gasteiger partial charge in [-0.2, -0.15) is 4.98 Å². The molecule has 1 aliphatic heterocycles. The SMILES string of the molecule is C=CCc1c(C)nc(N)nc1NC[C@H]1CCCN(S(C)(=O)=O)C1. The van der Waals surface area contributed by atoms with E-state index in [-0.39, 0.29) is 11.9 Å². The molecule has 0 saturated carbocycles. The molecule has 128 valence electrons. The molecule has 7 nitrogen and oxygen atoms in total. The van der Waals surface area contributed by atoms with E-state index < -0.39 is 10.0 Å². The van der Waals surface area contributed by atoms with Gasteiger partial charge in [0, 0.05) is 30.9 Å². The van der Waals surface area contributed by atoms with Crippen LogP contribution in [0.3, 0.4) is 0 Å². The summed E-state index contributed by atoms with van der Waals surface area (Å²) in [6.07, 6.45) is 5.60. The first-order valence-corrected chi connectivity index (χ1v) is 9.59. The van der Waals surface area contributed by atoms with Crippen molar-refractivity contribution >= 4 is 21.8 Å². The number of hydrogen-bond acceptors (Lipinski definition) is 6. The van der Waals surface area contributed by atoms with Gasteiger partial charge < -0.3 is 11.1 Å². The minimum atomic E-state index is -3.13. The van der Waals surface area contributed by atoms with Gasteiger partial charge in [0.15, 0.2) is 0 Å². The molecule has 1 saturated heterocycles. The third-order valence-electron chi connectivity index (χ3n) is 4.09. The highest BCUT2D eigenvalue weighted by atomic mass is 32.2. The van der Waals surface area contributed by atoms with Gasteiger partial charge in [-0.05, 0) is 32.1 Å². The number of aromatic nitrogens is 2. The largest absolute Gasteiger partial charge is 0.369 e. The number of rotatable bonds is 6. The molecule has 1 atom stereocenters. The molecule has 1 aromatic rings. The molecule has 1 fully saturated rings. The molecule has 0 aliphatic carbocycles. The summed E-state index contributed by atoms with van der Waals surface area (Å²) in [6, 6.07) is 0. The molecule has 0 spiro atoms. The maximum absolute atomic E-state index is 11.7. The van der Waals surface area contributed by atoms with E-state index in [1.165, 1.54) is 6.26 Å². The molecule has 3 N–H and O–H groups in total. The summed E-state index contributed by atoms with van der Waals surface area (Å²) >= 11 is 0. The Balaban J connectivity index is 2.07. The van der Waals surface area contributed by atoms with Crippen molar-refractivity contribution in [1.29, 1.82) is 0 Å². The number of sulfonamides is 1. The van der Waals surface area contributed by atoms with Crippen molar-refractivity contribution in [2.45, 2.75) is 26.2 Å². The van der Waals surface area contributed by atoms with Gasteiger partial charge in [0.1, 0.15) is 5.82 Å². The van der Waals surface area contributed by atoms with Gasteiger partial charge in [0.05, 0.1) is 6.26 Å². The van der Waals surface area contributed by atoms with Crippen LogP contribution in [-0.2, 0) is 16.4 Å². The lowest BCUT2D eigenvalue weighted by molar-refractivity contribution is 0.276. The number of piperidine rings is 1. The van der Waals surface area contributed by atoms with E-state index in [4.69, 9.17) is 5.73 Å². The molecular formula is C15H25N5O2S. The van der Waals surface area contributed by atoms with Crippen LogP contribution in [0.1, 0.15) is 24.1 Å². The van der Waals surface area contributed by atoms with Gasteiger partial charge in [-0.25, -0.2) is 17.7 Å². The fraction of sp³-hybridized carbons (Fsp3) is 0.600. The number of aryl methyl sites for hydroxylation is 1. The maximum Gasteiger partial charge on any atom is 0.222 e. The second-order valence-electron chi connectivity index (χ2n) is 6.00. The highest BCUT2D eigenvalue weighted by molar-refractivity contribution is 7.88. The summed E-state index contributed by atoms with van der Waals surface area (Å²) in [5, 5.41) is 3.32. The fourth-order valence-electron chi connectivity index (χ4n) is 2.89. The summed E-state index contributed by atoms with van der Waals surface area (Å²) in [6.45, 7) is 7.47. The zero-order valence-electron chi connectivity index (χ0n) is 13.7. The summed E-state index contributed by atoms with van der Waals surface area (Å²) in [7, 11) is -3.13. The van der Waals surface area contributed by atoms with Crippen LogP contribution in [0.5, 0.6) is 0 Å². The third kappa shape index (κ3) is 4.65. The Hall–Kier alpha value is -1.67. The highest BCUT2D eigenvalue weighted by Crippen LogP contribution is 2.22. The molecule has 1 aromatic heterocycles. The van der Waals surface area contributed by atoms with Crippen molar-refractivity contribution in [1.82, 2.24) is 14.3 Å². The van der Waals surface area contributed by atoms with Crippen LogP contribution in [0.15, 0.2) is 12.7 Å². The molecule has 0 amide bonds. The summed E-state index contributed by atoms with van der Waals surface area (Å²) in [5.41, 5.74) is 7.55. The Kier molecular flexibility index (Phi) is 5.59. The minimum Gasteiger partial charge on any atom is -0.369 e. The van der Waals surface area contributed by atoms with Gasteiger partial charge in [0.2, 0.25) is 16.0 Å². The molecule has 0 bridgehead atoms. The summed E-state index contributed by atoms with van der Waals surface area (Å²) in [5.74, 6) is 1.21. The Labute approximate surface area is 138 Å². The van der Waals surface area contributed by atoms with Crippen LogP contribution in [0.4, 0.5) is 11.8 Å². The molecule has 0 unspecified atom stereocenters. The average molecular weight is 339 g/mol. The van der Waals surface area contributed by atoms with E-state index in [2.05, 4.69) is 21.9 Å². The lowest BCUT2D eigenvalue weighted by Crippen LogP contribution is -2.41. The first-order chi connectivity index (χ1) is 10.8.